The normalized spacial score (nSPS) is 10.4. The number of hydrogen-bond donors (Lipinski definition) is 0. The zero-order valence-corrected chi connectivity index (χ0v) is 11.5. The summed E-state index contributed by atoms with van der Waals surface area (Å²) in [4.78, 5) is 13.4. The van der Waals surface area contributed by atoms with E-state index in [1.54, 1.807) is 24.3 Å². The molecule has 0 fully saturated rings. The number of benzene rings is 2. The molecule has 2 aromatic rings. The highest BCUT2D eigenvalue weighted by molar-refractivity contribution is 6.30. The second kappa shape index (κ2) is 6.01. The van der Waals surface area contributed by atoms with Crippen molar-refractivity contribution in [1.82, 2.24) is 4.90 Å². The third-order valence-corrected chi connectivity index (χ3v) is 3.05. The molecule has 20 heavy (non-hydrogen) atoms. The molecule has 1 amide bonds. The van der Waals surface area contributed by atoms with Crippen LogP contribution in [0.5, 0.6) is 0 Å². The van der Waals surface area contributed by atoms with Crippen LogP contribution in [-0.2, 0) is 6.54 Å². The average molecular weight is 296 g/mol. The summed E-state index contributed by atoms with van der Waals surface area (Å²) < 4.78 is 26.6. The SMILES string of the molecule is CN(Cc1cccc(Cl)c1)C(=O)c1cc(F)ccc1F. The van der Waals surface area contributed by atoms with E-state index in [0.717, 1.165) is 23.8 Å². The Morgan fingerprint density at radius 3 is 2.65 bits per heavy atom. The van der Waals surface area contributed by atoms with Gasteiger partial charge in [0, 0.05) is 18.6 Å². The van der Waals surface area contributed by atoms with Crippen molar-refractivity contribution in [2.75, 3.05) is 7.05 Å². The largest absolute Gasteiger partial charge is 0.337 e. The Labute approximate surface area is 120 Å². The monoisotopic (exact) mass is 295 g/mol. The van der Waals surface area contributed by atoms with Crippen LogP contribution in [-0.4, -0.2) is 17.9 Å². The third kappa shape index (κ3) is 3.33. The molecule has 2 aromatic carbocycles. The Balaban J connectivity index is 2.18. The topological polar surface area (TPSA) is 20.3 Å². The highest BCUT2D eigenvalue weighted by Crippen LogP contribution is 2.15. The van der Waals surface area contributed by atoms with Gasteiger partial charge in [-0.05, 0) is 35.9 Å². The summed E-state index contributed by atoms with van der Waals surface area (Å²) in [5.74, 6) is -1.97. The molecule has 0 aliphatic carbocycles. The summed E-state index contributed by atoms with van der Waals surface area (Å²) in [7, 11) is 1.52. The van der Waals surface area contributed by atoms with E-state index in [1.807, 2.05) is 0 Å². The maximum atomic E-state index is 13.5. The Hall–Kier alpha value is -1.94. The van der Waals surface area contributed by atoms with Crippen LogP contribution in [0, 0.1) is 11.6 Å². The molecule has 2 nitrogen and oxygen atoms in total. The molecule has 0 unspecified atom stereocenters. The number of hydrogen-bond acceptors (Lipinski definition) is 1. The first-order valence-electron chi connectivity index (χ1n) is 5.92. The molecule has 0 atom stereocenters. The maximum absolute atomic E-state index is 13.5. The highest BCUT2D eigenvalue weighted by Gasteiger charge is 2.17. The number of rotatable bonds is 3. The second-order valence-electron chi connectivity index (χ2n) is 4.42. The Morgan fingerprint density at radius 2 is 1.95 bits per heavy atom. The third-order valence-electron chi connectivity index (χ3n) is 2.81. The molecule has 0 spiro atoms. The molecule has 0 bridgehead atoms. The summed E-state index contributed by atoms with van der Waals surface area (Å²) in [6, 6.07) is 9.81. The number of carbonyl (C=O) groups is 1. The molecule has 104 valence electrons. The van der Waals surface area contributed by atoms with E-state index in [-0.39, 0.29) is 12.1 Å². The van der Waals surface area contributed by atoms with Gasteiger partial charge in [-0.1, -0.05) is 23.7 Å². The fourth-order valence-electron chi connectivity index (χ4n) is 1.85. The minimum absolute atomic E-state index is 0.259. The number of nitrogens with zero attached hydrogens (tertiary/aromatic N) is 1. The van der Waals surface area contributed by atoms with Crippen molar-refractivity contribution in [2.24, 2.45) is 0 Å². The van der Waals surface area contributed by atoms with Crippen LogP contribution < -0.4 is 0 Å². The van der Waals surface area contributed by atoms with Gasteiger partial charge < -0.3 is 4.90 Å². The van der Waals surface area contributed by atoms with Gasteiger partial charge in [0.1, 0.15) is 11.6 Å². The lowest BCUT2D eigenvalue weighted by atomic mass is 10.1. The summed E-state index contributed by atoms with van der Waals surface area (Å²) in [5.41, 5.74) is 0.527. The molecule has 0 radical (unpaired) electrons. The van der Waals surface area contributed by atoms with Crippen molar-refractivity contribution < 1.29 is 13.6 Å². The van der Waals surface area contributed by atoms with Crippen molar-refractivity contribution in [3.8, 4) is 0 Å². The van der Waals surface area contributed by atoms with Crippen LogP contribution in [0.3, 0.4) is 0 Å². The van der Waals surface area contributed by atoms with Gasteiger partial charge in [-0.2, -0.15) is 0 Å². The quantitative estimate of drug-likeness (QED) is 0.841. The van der Waals surface area contributed by atoms with Crippen LogP contribution >= 0.6 is 11.6 Å². The van der Waals surface area contributed by atoms with Crippen LogP contribution in [0.1, 0.15) is 15.9 Å². The molecular formula is C15H12ClF2NO. The van der Waals surface area contributed by atoms with Crippen molar-refractivity contribution in [1.29, 1.82) is 0 Å². The molecule has 0 aromatic heterocycles. The van der Waals surface area contributed by atoms with E-state index < -0.39 is 17.5 Å². The molecule has 0 saturated carbocycles. The number of carbonyl (C=O) groups excluding carboxylic acids is 1. The summed E-state index contributed by atoms with van der Waals surface area (Å²) in [6.45, 7) is 0.259. The molecule has 5 heteroatoms. The van der Waals surface area contributed by atoms with E-state index in [9.17, 15) is 13.6 Å². The Bertz CT molecular complexity index is 646. The minimum Gasteiger partial charge on any atom is -0.337 e. The van der Waals surface area contributed by atoms with Crippen LogP contribution in [0.15, 0.2) is 42.5 Å². The van der Waals surface area contributed by atoms with E-state index in [0.29, 0.717) is 5.02 Å². The van der Waals surface area contributed by atoms with Crippen molar-refractivity contribution >= 4 is 17.5 Å². The Morgan fingerprint density at radius 1 is 1.20 bits per heavy atom. The number of halogens is 3. The van der Waals surface area contributed by atoms with E-state index >= 15 is 0 Å². The first kappa shape index (κ1) is 14.5. The van der Waals surface area contributed by atoms with Gasteiger partial charge in [0.15, 0.2) is 0 Å². The molecule has 0 aliphatic rings. The number of amides is 1. The van der Waals surface area contributed by atoms with Gasteiger partial charge in [-0.3, -0.25) is 4.79 Å². The highest BCUT2D eigenvalue weighted by atomic mass is 35.5. The van der Waals surface area contributed by atoms with Crippen LogP contribution in [0.4, 0.5) is 8.78 Å². The fraction of sp³-hybridized carbons (Fsp3) is 0.133. The first-order valence-corrected chi connectivity index (χ1v) is 6.30. The van der Waals surface area contributed by atoms with Gasteiger partial charge in [0.25, 0.3) is 5.91 Å². The van der Waals surface area contributed by atoms with Gasteiger partial charge in [-0.15, -0.1) is 0 Å². The second-order valence-corrected chi connectivity index (χ2v) is 4.85. The van der Waals surface area contributed by atoms with Crippen LogP contribution in [0.25, 0.3) is 0 Å². The molecule has 0 aliphatic heterocycles. The van der Waals surface area contributed by atoms with Crippen LogP contribution in [0.2, 0.25) is 5.02 Å². The lowest BCUT2D eigenvalue weighted by Crippen LogP contribution is -2.27. The van der Waals surface area contributed by atoms with Crippen molar-refractivity contribution in [3.05, 3.63) is 70.2 Å². The van der Waals surface area contributed by atoms with Gasteiger partial charge in [0.2, 0.25) is 0 Å². The summed E-state index contributed by atoms with van der Waals surface area (Å²) in [6.07, 6.45) is 0. The average Bonchev–Trinajstić information content (AvgIpc) is 2.40. The van der Waals surface area contributed by atoms with E-state index in [2.05, 4.69) is 0 Å². The van der Waals surface area contributed by atoms with Gasteiger partial charge >= 0.3 is 0 Å². The molecule has 0 saturated heterocycles. The van der Waals surface area contributed by atoms with Crippen molar-refractivity contribution in [3.63, 3.8) is 0 Å². The fourth-order valence-corrected chi connectivity index (χ4v) is 2.06. The Kier molecular flexibility index (Phi) is 4.35. The molecule has 2 rings (SSSR count). The molecule has 0 heterocycles. The maximum Gasteiger partial charge on any atom is 0.256 e. The molecule has 0 N–H and O–H groups in total. The van der Waals surface area contributed by atoms with E-state index in [1.165, 1.54) is 11.9 Å². The zero-order chi connectivity index (χ0) is 14.7. The lowest BCUT2D eigenvalue weighted by molar-refractivity contribution is 0.0780. The predicted molar refractivity (Wildman–Crippen MR) is 73.6 cm³/mol. The summed E-state index contributed by atoms with van der Waals surface area (Å²) in [5, 5.41) is 0.556. The van der Waals surface area contributed by atoms with E-state index in [4.69, 9.17) is 11.6 Å². The predicted octanol–water partition coefficient (Wildman–Crippen LogP) is 3.89. The summed E-state index contributed by atoms with van der Waals surface area (Å²) >= 11 is 5.86. The van der Waals surface area contributed by atoms with Gasteiger partial charge in [-0.25, -0.2) is 8.78 Å². The minimum atomic E-state index is -0.741. The zero-order valence-electron chi connectivity index (χ0n) is 10.7. The standard InChI is InChI=1S/C15H12ClF2NO/c1-19(9-10-3-2-4-11(16)7-10)15(20)13-8-12(17)5-6-14(13)18/h2-8H,9H2,1H3. The smallest absolute Gasteiger partial charge is 0.256 e. The van der Waals surface area contributed by atoms with Gasteiger partial charge in [0.05, 0.1) is 5.56 Å². The molecular weight excluding hydrogens is 284 g/mol. The van der Waals surface area contributed by atoms with Crippen molar-refractivity contribution in [2.45, 2.75) is 6.54 Å². The first-order chi connectivity index (χ1) is 9.47. The lowest BCUT2D eigenvalue weighted by Gasteiger charge is -2.18.